The fourth-order valence-corrected chi connectivity index (χ4v) is 1.64. The Kier molecular flexibility index (Phi) is 2.79. The summed E-state index contributed by atoms with van der Waals surface area (Å²) in [7, 11) is 0. The van der Waals surface area contributed by atoms with E-state index in [-0.39, 0.29) is 0 Å². The van der Waals surface area contributed by atoms with Crippen LogP contribution in [0.3, 0.4) is 0 Å². The van der Waals surface area contributed by atoms with Gasteiger partial charge in [0.25, 0.3) is 0 Å². The van der Waals surface area contributed by atoms with Crippen LogP contribution in [-0.4, -0.2) is 19.9 Å². The summed E-state index contributed by atoms with van der Waals surface area (Å²) in [6.07, 6.45) is 4.86. The Bertz CT molecular complexity index is 654. The lowest BCUT2D eigenvalue weighted by Crippen LogP contribution is -2.03. The van der Waals surface area contributed by atoms with Crippen molar-refractivity contribution in [1.82, 2.24) is 19.9 Å². The Morgan fingerprint density at radius 1 is 0.944 bits per heavy atom. The smallest absolute Gasteiger partial charge is 0.223 e. The van der Waals surface area contributed by atoms with Crippen LogP contribution >= 0.6 is 0 Å². The Labute approximate surface area is 104 Å². The van der Waals surface area contributed by atoms with Crippen LogP contribution in [0.1, 0.15) is 5.56 Å². The first kappa shape index (κ1) is 10.6. The molecule has 1 aromatic carbocycles. The first-order chi connectivity index (χ1) is 8.92. The van der Waals surface area contributed by atoms with Gasteiger partial charge in [-0.3, -0.25) is 0 Å². The van der Waals surface area contributed by atoms with Crippen molar-refractivity contribution in [1.29, 1.82) is 0 Å². The average molecular weight is 237 g/mol. The zero-order chi connectivity index (χ0) is 12.2. The highest BCUT2D eigenvalue weighted by Crippen LogP contribution is 2.09. The van der Waals surface area contributed by atoms with Gasteiger partial charge in [0.2, 0.25) is 5.95 Å². The molecule has 5 nitrogen and oxygen atoms in total. The normalized spacial score (nSPS) is 10.4. The summed E-state index contributed by atoms with van der Waals surface area (Å²) in [5, 5.41) is 3.18. The molecular formula is C13H11N5. The van der Waals surface area contributed by atoms with Crippen LogP contribution in [0.5, 0.6) is 0 Å². The van der Waals surface area contributed by atoms with Gasteiger partial charge in [0, 0.05) is 6.54 Å². The summed E-state index contributed by atoms with van der Waals surface area (Å²) in [5.74, 6) is 0.584. The number of anilines is 1. The molecule has 0 radical (unpaired) electrons. The van der Waals surface area contributed by atoms with Gasteiger partial charge in [0.05, 0.1) is 12.4 Å². The lowest BCUT2D eigenvalue weighted by Gasteiger charge is -2.04. The predicted molar refractivity (Wildman–Crippen MR) is 68.9 cm³/mol. The fourth-order valence-electron chi connectivity index (χ4n) is 1.64. The van der Waals surface area contributed by atoms with Crippen molar-refractivity contribution >= 4 is 17.0 Å². The van der Waals surface area contributed by atoms with E-state index >= 15 is 0 Å². The molecule has 3 aromatic rings. The molecule has 0 fully saturated rings. The van der Waals surface area contributed by atoms with E-state index in [1.165, 1.54) is 11.9 Å². The number of benzene rings is 1. The van der Waals surface area contributed by atoms with Gasteiger partial charge in [0.15, 0.2) is 0 Å². The van der Waals surface area contributed by atoms with Crippen molar-refractivity contribution in [3.63, 3.8) is 0 Å². The summed E-state index contributed by atoms with van der Waals surface area (Å²) in [5.41, 5.74) is 2.67. The van der Waals surface area contributed by atoms with Crippen LogP contribution in [0.2, 0.25) is 0 Å². The van der Waals surface area contributed by atoms with Crippen LogP contribution in [0.25, 0.3) is 11.0 Å². The largest absolute Gasteiger partial charge is 0.350 e. The van der Waals surface area contributed by atoms with Gasteiger partial charge in [-0.25, -0.2) is 19.9 Å². The van der Waals surface area contributed by atoms with Gasteiger partial charge in [0.1, 0.15) is 17.4 Å². The van der Waals surface area contributed by atoms with Gasteiger partial charge < -0.3 is 5.32 Å². The number of nitrogens with one attached hydrogen (secondary N) is 1. The van der Waals surface area contributed by atoms with E-state index in [2.05, 4.69) is 37.4 Å². The van der Waals surface area contributed by atoms with Crippen LogP contribution in [-0.2, 0) is 6.54 Å². The van der Waals surface area contributed by atoms with Crippen LogP contribution < -0.4 is 5.32 Å². The molecule has 5 heteroatoms. The molecule has 0 aliphatic rings. The van der Waals surface area contributed by atoms with Gasteiger partial charge in [-0.15, -0.1) is 0 Å². The SMILES string of the molecule is c1ccc(CNc2ncc3ncncc3n2)cc1. The minimum absolute atomic E-state index is 0.584. The molecule has 1 N–H and O–H groups in total. The van der Waals surface area contributed by atoms with Gasteiger partial charge in [-0.2, -0.15) is 0 Å². The third kappa shape index (κ3) is 2.24. The molecular weight excluding hydrogens is 226 g/mol. The molecule has 3 rings (SSSR count). The van der Waals surface area contributed by atoms with Crippen molar-refractivity contribution in [3.8, 4) is 0 Å². The van der Waals surface area contributed by atoms with Crippen molar-refractivity contribution < 1.29 is 0 Å². The molecule has 0 unspecified atom stereocenters. The number of fused-ring (bicyclic) bond motifs is 1. The Balaban J connectivity index is 1.79. The zero-order valence-corrected chi connectivity index (χ0v) is 9.61. The lowest BCUT2D eigenvalue weighted by atomic mass is 10.2. The molecule has 18 heavy (non-hydrogen) atoms. The monoisotopic (exact) mass is 237 g/mol. The first-order valence-corrected chi connectivity index (χ1v) is 5.62. The maximum absolute atomic E-state index is 4.34. The molecule has 2 aromatic heterocycles. The van der Waals surface area contributed by atoms with E-state index in [0.29, 0.717) is 12.5 Å². The second kappa shape index (κ2) is 4.75. The molecule has 0 amide bonds. The highest BCUT2D eigenvalue weighted by molar-refractivity contribution is 5.72. The number of aromatic nitrogens is 4. The lowest BCUT2D eigenvalue weighted by molar-refractivity contribution is 1.06. The van der Waals surface area contributed by atoms with Crippen LogP contribution in [0.4, 0.5) is 5.95 Å². The second-order valence-corrected chi connectivity index (χ2v) is 3.83. The minimum atomic E-state index is 0.584. The number of hydrogen-bond donors (Lipinski definition) is 1. The van der Waals surface area contributed by atoms with Crippen LogP contribution in [0, 0.1) is 0 Å². The van der Waals surface area contributed by atoms with Crippen molar-refractivity contribution in [2.75, 3.05) is 5.32 Å². The predicted octanol–water partition coefficient (Wildman–Crippen LogP) is 2.03. The topological polar surface area (TPSA) is 63.6 Å². The van der Waals surface area contributed by atoms with Crippen molar-refractivity contribution in [2.45, 2.75) is 6.54 Å². The molecule has 0 saturated heterocycles. The van der Waals surface area contributed by atoms with E-state index in [9.17, 15) is 0 Å². The molecule has 2 heterocycles. The highest BCUT2D eigenvalue weighted by Gasteiger charge is 2.00. The Morgan fingerprint density at radius 2 is 1.83 bits per heavy atom. The molecule has 88 valence electrons. The summed E-state index contributed by atoms with van der Waals surface area (Å²) in [6, 6.07) is 10.1. The molecule has 0 aliphatic carbocycles. The molecule has 0 bridgehead atoms. The number of nitrogens with zero attached hydrogens (tertiary/aromatic N) is 4. The molecule has 0 aliphatic heterocycles. The van der Waals surface area contributed by atoms with Crippen molar-refractivity contribution in [3.05, 3.63) is 54.6 Å². The highest BCUT2D eigenvalue weighted by atomic mass is 15.1. The molecule has 0 spiro atoms. The molecule has 0 saturated carbocycles. The van der Waals surface area contributed by atoms with Crippen molar-refractivity contribution in [2.24, 2.45) is 0 Å². The Morgan fingerprint density at radius 3 is 2.72 bits per heavy atom. The van der Waals surface area contributed by atoms with Gasteiger partial charge in [-0.05, 0) is 5.56 Å². The average Bonchev–Trinajstić information content (AvgIpc) is 2.46. The van der Waals surface area contributed by atoms with Gasteiger partial charge >= 0.3 is 0 Å². The summed E-state index contributed by atoms with van der Waals surface area (Å²) in [4.78, 5) is 16.6. The first-order valence-electron chi connectivity index (χ1n) is 5.62. The number of rotatable bonds is 3. The quantitative estimate of drug-likeness (QED) is 0.755. The maximum Gasteiger partial charge on any atom is 0.223 e. The van der Waals surface area contributed by atoms with E-state index in [1.54, 1.807) is 12.4 Å². The van der Waals surface area contributed by atoms with E-state index in [0.717, 1.165) is 11.0 Å². The van der Waals surface area contributed by atoms with Crippen LogP contribution in [0.15, 0.2) is 49.1 Å². The number of hydrogen-bond acceptors (Lipinski definition) is 5. The third-order valence-corrected chi connectivity index (χ3v) is 2.55. The zero-order valence-electron chi connectivity index (χ0n) is 9.61. The molecule has 0 atom stereocenters. The fraction of sp³-hybridized carbons (Fsp3) is 0.0769. The summed E-state index contributed by atoms with van der Waals surface area (Å²) < 4.78 is 0. The standard InChI is InChI=1S/C13H11N5/c1-2-4-10(5-3-1)6-15-13-16-8-11-12(18-13)7-14-9-17-11/h1-5,7-9H,6H2,(H,15,16,18). The van der Waals surface area contributed by atoms with E-state index in [4.69, 9.17) is 0 Å². The maximum atomic E-state index is 4.34. The second-order valence-electron chi connectivity index (χ2n) is 3.83. The van der Waals surface area contributed by atoms with E-state index < -0.39 is 0 Å². The van der Waals surface area contributed by atoms with Gasteiger partial charge in [-0.1, -0.05) is 30.3 Å². The summed E-state index contributed by atoms with van der Waals surface area (Å²) >= 11 is 0. The summed E-state index contributed by atoms with van der Waals surface area (Å²) in [6.45, 7) is 0.694. The van der Waals surface area contributed by atoms with E-state index in [1.807, 2.05) is 18.2 Å². The minimum Gasteiger partial charge on any atom is -0.350 e. The third-order valence-electron chi connectivity index (χ3n) is 2.55. The Hall–Kier alpha value is -2.56.